The lowest BCUT2D eigenvalue weighted by atomic mass is 9.72. The second-order valence-electron chi connectivity index (χ2n) is 19.8. The lowest BCUT2D eigenvalue weighted by Crippen LogP contribution is -2.55. The molecule has 88 heavy (non-hydrogen) atoms. The van der Waals surface area contributed by atoms with Crippen LogP contribution < -0.4 is 26.4 Å². The number of aliphatic hydroxyl groups is 2. The Morgan fingerprint density at radius 3 is 1.74 bits per heavy atom. The molecule has 0 saturated carbocycles. The zero-order chi connectivity index (χ0) is 64.0. The molecule has 1 fully saturated rings. The number of nitrogens with one attached hydrogen (secondary N) is 3. The summed E-state index contributed by atoms with van der Waals surface area (Å²) in [7, 11) is 4.35. The van der Waals surface area contributed by atoms with Crippen LogP contribution in [-0.4, -0.2) is 276 Å². The third-order valence-electron chi connectivity index (χ3n) is 13.5. The van der Waals surface area contributed by atoms with Gasteiger partial charge in [-0.15, -0.1) is 0 Å². The van der Waals surface area contributed by atoms with Crippen molar-refractivity contribution < 1.29 is 130 Å². The van der Waals surface area contributed by atoms with Gasteiger partial charge in [0.1, 0.15) is 56.9 Å². The number of fused-ring (bicyclic) bond motifs is 3. The first-order valence-corrected chi connectivity index (χ1v) is 28.3. The molecule has 6 atom stereocenters. The Bertz CT molecular complexity index is 2560. The quantitative estimate of drug-likeness (QED) is 0.0136. The van der Waals surface area contributed by atoms with Crippen molar-refractivity contribution in [3.05, 3.63) is 51.6 Å². The minimum absolute atomic E-state index is 0.00872. The molecule has 1 saturated heterocycles. The molecule has 32 heteroatoms. The molecule has 3 aliphatic rings. The third kappa shape index (κ3) is 22.4. The number of phenolic OH excluding ortho intramolecular Hbond substituents is 2. The number of ketones is 2. The number of imide groups is 1. The van der Waals surface area contributed by atoms with E-state index in [1.165, 1.54) is 51.4 Å². The Morgan fingerprint density at radius 2 is 1.19 bits per heavy atom. The number of aliphatic hydroxyl groups excluding tert-OH is 1. The first-order chi connectivity index (χ1) is 42.3. The number of ether oxygens (including phenoxy) is 15. The second-order valence-corrected chi connectivity index (χ2v) is 19.8. The van der Waals surface area contributed by atoms with Gasteiger partial charge >= 0.3 is 24.1 Å². The zero-order valence-corrected chi connectivity index (χ0v) is 49.7. The van der Waals surface area contributed by atoms with Gasteiger partial charge in [0.2, 0.25) is 11.7 Å². The van der Waals surface area contributed by atoms with Crippen LogP contribution in [0.3, 0.4) is 0 Å². The van der Waals surface area contributed by atoms with E-state index in [9.17, 15) is 58.8 Å². The molecule has 1 heterocycles. The number of hydrogen-bond acceptors (Lipinski definition) is 29. The Kier molecular flexibility index (Phi) is 31.0. The zero-order valence-electron chi connectivity index (χ0n) is 49.7. The summed E-state index contributed by atoms with van der Waals surface area (Å²) >= 11 is 0. The van der Waals surface area contributed by atoms with Gasteiger partial charge in [-0.3, -0.25) is 29.4 Å². The van der Waals surface area contributed by atoms with E-state index in [1.807, 2.05) is 0 Å². The van der Waals surface area contributed by atoms with Gasteiger partial charge in [0.15, 0.2) is 17.7 Å². The largest absolute Gasteiger partial charge is 0.507 e. The molecule has 1 aliphatic heterocycles. The minimum Gasteiger partial charge on any atom is -0.507 e. The van der Waals surface area contributed by atoms with E-state index in [0.29, 0.717) is 26.4 Å². The summed E-state index contributed by atoms with van der Waals surface area (Å²) in [6, 6.07) is 3.32. The number of alkyl carbamates (subject to hydrolysis) is 2. The lowest BCUT2D eigenvalue weighted by Gasteiger charge is -2.42. The number of hydrogen-bond donors (Lipinski definition) is 8. The van der Waals surface area contributed by atoms with Gasteiger partial charge < -0.3 is 108 Å². The van der Waals surface area contributed by atoms with Crippen LogP contribution in [0.4, 0.5) is 9.59 Å². The highest BCUT2D eigenvalue weighted by Gasteiger charge is 2.51. The smallest absolute Gasteiger partial charge is 0.407 e. The number of esters is 2. The van der Waals surface area contributed by atoms with Crippen molar-refractivity contribution in [1.29, 1.82) is 0 Å². The number of carbonyl (C=O) groups excluding carboxylic acids is 8. The maximum Gasteiger partial charge on any atom is 0.407 e. The van der Waals surface area contributed by atoms with Crippen molar-refractivity contribution in [3.63, 3.8) is 0 Å². The maximum absolute atomic E-state index is 14.3. The second kappa shape index (κ2) is 37.9. The van der Waals surface area contributed by atoms with Gasteiger partial charge in [-0.1, -0.05) is 12.1 Å². The van der Waals surface area contributed by atoms with Gasteiger partial charge in [0.05, 0.1) is 128 Å². The summed E-state index contributed by atoms with van der Waals surface area (Å²) in [5.74, 6) is -7.37. The molecule has 0 spiro atoms. The van der Waals surface area contributed by atoms with E-state index in [1.54, 1.807) is 0 Å². The Morgan fingerprint density at radius 1 is 0.670 bits per heavy atom. The minimum atomic E-state index is -2.65. The Labute approximate surface area is 506 Å². The normalized spacial score (nSPS) is 19.4. The number of amides is 4. The van der Waals surface area contributed by atoms with Crippen molar-refractivity contribution in [1.82, 2.24) is 20.9 Å². The molecular formula is C56H81N5O27. The highest BCUT2D eigenvalue weighted by Crippen LogP contribution is 2.52. The number of benzene rings is 2. The average molecular weight is 1260 g/mol. The number of rotatable bonds is 40. The standard InChI is InChI=1S/C56H81N5O27/c1-34-48(65)37(57)28-43(87-34)88-39-30-56(73,29-36-45(39)52(69)47-46(50(36)67)49(66)35-6-5-7-38(76-4)44(35)51(47)68)53(70)60-40(62)31-61(10-14-83-41(63)32-81-22-20-77-12-8-58-54(71)85-26-24-79-18-16-74-2)11-15-84-42(64)33-82-23-21-78-13-9-59-55(72)86-27-25-80-19-17-75-3/h5-7,34,37,39,43,48,65,67,69,73H,8-33,57H2,1-4H3,(H,58,71)(H,59,72)(H,60,62,70)/t34?,37?,39-,43?,48?,56-/m1/s1. The van der Waals surface area contributed by atoms with Crippen LogP contribution in [0, 0.1) is 0 Å². The van der Waals surface area contributed by atoms with Gasteiger partial charge in [-0.25, -0.2) is 19.2 Å². The van der Waals surface area contributed by atoms with Crippen LogP contribution in [0.1, 0.15) is 68.8 Å². The Balaban J connectivity index is 1.18. The molecule has 492 valence electrons. The number of methoxy groups -OCH3 is 3. The topological polar surface area (TPSA) is 421 Å². The van der Waals surface area contributed by atoms with Gasteiger partial charge in [0.25, 0.3) is 5.91 Å². The number of carbonyl (C=O) groups is 8. The summed E-state index contributed by atoms with van der Waals surface area (Å²) in [4.78, 5) is 107. The van der Waals surface area contributed by atoms with Crippen molar-refractivity contribution in [3.8, 4) is 17.2 Å². The highest BCUT2D eigenvalue weighted by molar-refractivity contribution is 6.31. The SMILES string of the molecule is COCCOCCOC(=O)NCCOCCOCC(=O)OCCN(CCOC(=O)COCCOCCNC(=O)OCCOCCOC)CC(=O)NC(=O)[C@@]1(O)Cc2c(O)c3c(c(O)c2[C@H](OC2CC(N)C(O)C(C)O2)C1)C(=O)c1c(OC)cccc1C3=O. The summed E-state index contributed by atoms with van der Waals surface area (Å²) < 4.78 is 79.6. The molecule has 5 rings (SSSR count). The first-order valence-electron chi connectivity index (χ1n) is 28.3. The molecule has 0 aromatic heterocycles. The molecule has 4 unspecified atom stereocenters. The maximum atomic E-state index is 14.3. The first kappa shape index (κ1) is 72.0. The van der Waals surface area contributed by atoms with Crippen molar-refractivity contribution >= 4 is 47.5 Å². The van der Waals surface area contributed by atoms with Crippen molar-refractivity contribution in [2.75, 3.05) is 173 Å². The van der Waals surface area contributed by atoms with Crippen molar-refractivity contribution in [2.45, 2.75) is 62.4 Å². The molecule has 2 aliphatic carbocycles. The van der Waals surface area contributed by atoms with E-state index < -0.39 is 139 Å². The molecular weight excluding hydrogens is 1170 g/mol. The monoisotopic (exact) mass is 1260 g/mol. The predicted molar refractivity (Wildman–Crippen MR) is 299 cm³/mol. The van der Waals surface area contributed by atoms with Gasteiger partial charge in [-0.2, -0.15) is 0 Å². The third-order valence-corrected chi connectivity index (χ3v) is 13.5. The van der Waals surface area contributed by atoms with Crippen LogP contribution in [0.5, 0.6) is 17.2 Å². The molecule has 9 N–H and O–H groups in total. The molecule has 2 aromatic carbocycles. The Hall–Kier alpha value is -6.76. The molecule has 2 aromatic rings. The van der Waals surface area contributed by atoms with E-state index >= 15 is 0 Å². The number of phenols is 2. The van der Waals surface area contributed by atoms with Crippen LogP contribution >= 0.6 is 0 Å². The summed E-state index contributed by atoms with van der Waals surface area (Å²) in [6.07, 6.45) is -7.87. The highest BCUT2D eigenvalue weighted by atomic mass is 16.7. The van der Waals surface area contributed by atoms with Crippen LogP contribution in [0.25, 0.3) is 0 Å². The fourth-order valence-corrected chi connectivity index (χ4v) is 9.16. The predicted octanol–water partition coefficient (Wildman–Crippen LogP) is -1.68. The van der Waals surface area contributed by atoms with E-state index in [4.69, 9.17) is 76.8 Å². The summed E-state index contributed by atoms with van der Waals surface area (Å²) in [5.41, 5.74) is 1.32. The van der Waals surface area contributed by atoms with Gasteiger partial charge in [-0.05, 0) is 13.0 Å². The van der Waals surface area contributed by atoms with Crippen molar-refractivity contribution in [2.24, 2.45) is 5.73 Å². The van der Waals surface area contributed by atoms with E-state index in [-0.39, 0.29) is 140 Å². The average Bonchev–Trinajstić information content (AvgIpc) is 0.730. The molecule has 0 bridgehead atoms. The summed E-state index contributed by atoms with van der Waals surface area (Å²) in [6.45, 7) is 1.48. The number of nitrogens with zero attached hydrogens (tertiary/aromatic N) is 1. The number of aromatic hydroxyl groups is 2. The summed E-state index contributed by atoms with van der Waals surface area (Å²) in [5, 5.41) is 53.9. The fourth-order valence-electron chi connectivity index (χ4n) is 9.16. The van der Waals surface area contributed by atoms with E-state index in [0.717, 1.165) is 0 Å². The number of nitrogens with two attached hydrogens (primary N) is 1. The lowest BCUT2D eigenvalue weighted by molar-refractivity contribution is -0.247. The van der Waals surface area contributed by atoms with E-state index in [2.05, 4.69) is 16.0 Å². The molecule has 32 nitrogen and oxygen atoms in total. The fraction of sp³-hybridized carbons (Fsp3) is 0.643. The molecule has 0 radical (unpaired) electrons. The molecule has 4 amide bonds. The van der Waals surface area contributed by atoms with Gasteiger partial charge in [0, 0.05) is 82.4 Å². The van der Waals surface area contributed by atoms with Crippen LogP contribution in [0.2, 0.25) is 0 Å². The van der Waals surface area contributed by atoms with Crippen LogP contribution in [0.15, 0.2) is 18.2 Å². The van der Waals surface area contributed by atoms with Crippen LogP contribution in [-0.2, 0) is 91.9 Å².